The van der Waals surface area contributed by atoms with E-state index < -0.39 is 0 Å². The van der Waals surface area contributed by atoms with E-state index in [4.69, 9.17) is 9.84 Å². The lowest BCUT2D eigenvalue weighted by atomic mass is 10.1. The zero-order valence-electron chi connectivity index (χ0n) is 13.9. The van der Waals surface area contributed by atoms with E-state index in [-0.39, 0.29) is 6.61 Å². The molecule has 0 aliphatic rings. The first kappa shape index (κ1) is 18.6. The fourth-order valence-electron chi connectivity index (χ4n) is 2.28. The minimum Gasteiger partial charge on any atom is -0.494 e. The van der Waals surface area contributed by atoms with Gasteiger partial charge >= 0.3 is 0 Å². The molecule has 0 spiro atoms. The Kier molecular flexibility index (Phi) is 11.2. The highest BCUT2D eigenvalue weighted by Gasteiger charge is 1.95. The van der Waals surface area contributed by atoms with Gasteiger partial charge in [-0.1, -0.05) is 63.7 Å². The highest BCUT2D eigenvalue weighted by molar-refractivity contribution is 5.38. The van der Waals surface area contributed by atoms with Crippen LogP contribution in [-0.4, -0.2) is 18.3 Å². The minimum absolute atomic E-state index is 0.118. The van der Waals surface area contributed by atoms with Gasteiger partial charge in [0.15, 0.2) is 0 Å². The molecule has 0 fully saturated rings. The summed E-state index contributed by atoms with van der Waals surface area (Å²) in [5, 5.41) is 8.68. The Morgan fingerprint density at radius 1 is 0.909 bits per heavy atom. The van der Waals surface area contributed by atoms with Gasteiger partial charge in [0.1, 0.15) is 5.75 Å². The predicted octanol–water partition coefficient (Wildman–Crippen LogP) is 4.94. The third kappa shape index (κ3) is 9.47. The maximum Gasteiger partial charge on any atom is 0.119 e. The van der Waals surface area contributed by atoms with Gasteiger partial charge in [0, 0.05) is 12.0 Å². The van der Waals surface area contributed by atoms with Crippen molar-refractivity contribution in [1.29, 1.82) is 0 Å². The Labute approximate surface area is 135 Å². The number of benzene rings is 1. The molecule has 0 saturated heterocycles. The number of ether oxygens (including phenoxy) is 1. The molecule has 0 amide bonds. The number of aliphatic hydroxyl groups excluding tert-OH is 1. The van der Waals surface area contributed by atoms with Crippen molar-refractivity contribution in [3.05, 3.63) is 29.8 Å². The lowest BCUT2D eigenvalue weighted by Crippen LogP contribution is -1.97. The molecule has 2 nitrogen and oxygen atoms in total. The fourth-order valence-corrected chi connectivity index (χ4v) is 2.28. The molecule has 22 heavy (non-hydrogen) atoms. The van der Waals surface area contributed by atoms with Crippen LogP contribution in [0.5, 0.6) is 5.75 Å². The molecule has 0 saturated carbocycles. The van der Waals surface area contributed by atoms with E-state index in [0.717, 1.165) is 24.3 Å². The molecule has 0 aliphatic carbocycles. The van der Waals surface area contributed by atoms with Crippen molar-refractivity contribution in [3.63, 3.8) is 0 Å². The van der Waals surface area contributed by atoms with Crippen LogP contribution >= 0.6 is 0 Å². The molecule has 1 aromatic carbocycles. The molecule has 1 rings (SSSR count). The Bertz CT molecular complexity index is 425. The second-order valence-corrected chi connectivity index (χ2v) is 5.62. The molecule has 0 heterocycles. The monoisotopic (exact) mass is 302 g/mol. The van der Waals surface area contributed by atoms with Crippen molar-refractivity contribution < 1.29 is 9.84 Å². The summed E-state index contributed by atoms with van der Waals surface area (Å²) < 4.78 is 5.74. The zero-order valence-corrected chi connectivity index (χ0v) is 13.9. The standard InChI is InChI=1S/C20H30O2/c1-2-3-4-5-6-7-8-11-18-22-20-15-13-19(14-16-20)12-9-10-17-21/h13-16,21H,2-8,10-11,17-18H2,1H3. The van der Waals surface area contributed by atoms with Crippen LogP contribution in [0.25, 0.3) is 0 Å². The quantitative estimate of drug-likeness (QED) is 0.463. The summed E-state index contributed by atoms with van der Waals surface area (Å²) in [6.07, 6.45) is 11.1. The van der Waals surface area contributed by atoms with Gasteiger partial charge in [-0.25, -0.2) is 0 Å². The number of hydrogen-bond acceptors (Lipinski definition) is 2. The van der Waals surface area contributed by atoms with Gasteiger partial charge in [-0.3, -0.25) is 0 Å². The van der Waals surface area contributed by atoms with Crippen LogP contribution in [0, 0.1) is 11.8 Å². The van der Waals surface area contributed by atoms with Gasteiger partial charge in [0.05, 0.1) is 13.2 Å². The Morgan fingerprint density at radius 3 is 2.18 bits per heavy atom. The first-order chi connectivity index (χ1) is 10.9. The van der Waals surface area contributed by atoms with E-state index in [2.05, 4.69) is 18.8 Å². The largest absolute Gasteiger partial charge is 0.494 e. The summed E-state index contributed by atoms with van der Waals surface area (Å²) in [6.45, 7) is 3.17. The fraction of sp³-hybridized carbons (Fsp3) is 0.600. The number of rotatable bonds is 11. The topological polar surface area (TPSA) is 29.5 Å². The van der Waals surface area contributed by atoms with Gasteiger partial charge < -0.3 is 9.84 Å². The number of aliphatic hydroxyl groups is 1. The third-order valence-corrected chi connectivity index (χ3v) is 3.59. The molecular formula is C20H30O2. The van der Waals surface area contributed by atoms with Gasteiger partial charge in [-0.2, -0.15) is 0 Å². The molecule has 0 aromatic heterocycles. The van der Waals surface area contributed by atoms with E-state index >= 15 is 0 Å². The van der Waals surface area contributed by atoms with Gasteiger partial charge in [-0.15, -0.1) is 0 Å². The van der Waals surface area contributed by atoms with Crippen molar-refractivity contribution in [2.45, 2.75) is 64.7 Å². The zero-order chi connectivity index (χ0) is 15.9. The smallest absolute Gasteiger partial charge is 0.119 e. The van der Waals surface area contributed by atoms with Gasteiger partial charge in [0.2, 0.25) is 0 Å². The van der Waals surface area contributed by atoms with Crippen molar-refractivity contribution in [2.24, 2.45) is 0 Å². The Morgan fingerprint density at radius 2 is 1.55 bits per heavy atom. The Balaban J connectivity index is 2.07. The summed E-state index contributed by atoms with van der Waals surface area (Å²) in [5.74, 6) is 6.84. The molecule has 2 heteroatoms. The molecular weight excluding hydrogens is 272 g/mol. The predicted molar refractivity (Wildman–Crippen MR) is 93.1 cm³/mol. The summed E-state index contributed by atoms with van der Waals surface area (Å²) >= 11 is 0. The summed E-state index contributed by atoms with van der Waals surface area (Å²) in [7, 11) is 0. The van der Waals surface area contributed by atoms with E-state index in [1.165, 1.54) is 44.9 Å². The molecule has 0 atom stereocenters. The van der Waals surface area contributed by atoms with Crippen LogP contribution < -0.4 is 4.74 Å². The second-order valence-electron chi connectivity index (χ2n) is 5.62. The minimum atomic E-state index is 0.118. The first-order valence-corrected chi connectivity index (χ1v) is 8.69. The van der Waals surface area contributed by atoms with E-state index in [1.807, 2.05) is 24.3 Å². The van der Waals surface area contributed by atoms with Crippen molar-refractivity contribution in [3.8, 4) is 17.6 Å². The number of unbranched alkanes of at least 4 members (excludes halogenated alkanes) is 7. The second kappa shape index (κ2) is 13.2. The van der Waals surface area contributed by atoms with Crippen LogP contribution in [0.2, 0.25) is 0 Å². The van der Waals surface area contributed by atoms with E-state index in [1.54, 1.807) is 0 Å². The third-order valence-electron chi connectivity index (χ3n) is 3.59. The first-order valence-electron chi connectivity index (χ1n) is 8.69. The van der Waals surface area contributed by atoms with Crippen LogP contribution in [0.3, 0.4) is 0 Å². The molecule has 1 N–H and O–H groups in total. The number of hydrogen-bond donors (Lipinski definition) is 1. The maximum atomic E-state index is 8.68. The lowest BCUT2D eigenvalue weighted by Gasteiger charge is -2.06. The van der Waals surface area contributed by atoms with Gasteiger partial charge in [0.25, 0.3) is 0 Å². The molecule has 0 aliphatic heterocycles. The summed E-state index contributed by atoms with van der Waals surface area (Å²) in [6, 6.07) is 7.86. The molecule has 0 unspecified atom stereocenters. The summed E-state index contributed by atoms with van der Waals surface area (Å²) in [5.41, 5.74) is 0.966. The maximum absolute atomic E-state index is 8.68. The van der Waals surface area contributed by atoms with E-state index in [0.29, 0.717) is 6.42 Å². The Hall–Kier alpha value is -1.46. The van der Waals surface area contributed by atoms with Crippen LogP contribution in [0.4, 0.5) is 0 Å². The van der Waals surface area contributed by atoms with Crippen molar-refractivity contribution >= 4 is 0 Å². The molecule has 122 valence electrons. The molecule has 0 radical (unpaired) electrons. The van der Waals surface area contributed by atoms with Gasteiger partial charge in [-0.05, 0) is 30.7 Å². The van der Waals surface area contributed by atoms with E-state index in [9.17, 15) is 0 Å². The normalized spacial score (nSPS) is 10.1. The molecule has 1 aromatic rings. The molecule has 0 bridgehead atoms. The average molecular weight is 302 g/mol. The van der Waals surface area contributed by atoms with Crippen LogP contribution in [0.1, 0.15) is 70.3 Å². The lowest BCUT2D eigenvalue weighted by molar-refractivity contribution is 0.304. The highest BCUT2D eigenvalue weighted by Crippen LogP contribution is 2.13. The van der Waals surface area contributed by atoms with Crippen molar-refractivity contribution in [2.75, 3.05) is 13.2 Å². The average Bonchev–Trinajstić information content (AvgIpc) is 2.55. The van der Waals surface area contributed by atoms with Crippen molar-refractivity contribution in [1.82, 2.24) is 0 Å². The van der Waals surface area contributed by atoms with Crippen LogP contribution in [-0.2, 0) is 0 Å². The SMILES string of the molecule is CCCCCCCCCCOc1ccc(C#CCCO)cc1. The summed E-state index contributed by atoms with van der Waals surface area (Å²) in [4.78, 5) is 0. The highest BCUT2D eigenvalue weighted by atomic mass is 16.5. The van der Waals surface area contributed by atoms with Crippen LogP contribution in [0.15, 0.2) is 24.3 Å².